The fourth-order valence-corrected chi connectivity index (χ4v) is 1.76. The Hall–Kier alpha value is -0.900. The van der Waals surface area contributed by atoms with Gasteiger partial charge in [-0.3, -0.25) is 0 Å². The van der Waals surface area contributed by atoms with Gasteiger partial charge in [-0.25, -0.2) is 0 Å². The summed E-state index contributed by atoms with van der Waals surface area (Å²) in [4.78, 5) is 4.42. The topological polar surface area (TPSA) is 51.0 Å². The van der Waals surface area contributed by atoms with E-state index in [1.54, 1.807) is 0 Å². The molecular formula is C12H21N3O. The third-order valence-corrected chi connectivity index (χ3v) is 2.90. The standard InChI is InChI=1S/C12H21N3O/c1-3-6-13-9(2)7-12-14-11(15-16-12)8-10-4-5-10/h9-10,13H,3-8H2,1-2H3. The average molecular weight is 223 g/mol. The predicted molar refractivity (Wildman–Crippen MR) is 62.2 cm³/mol. The van der Waals surface area contributed by atoms with Crippen LogP contribution < -0.4 is 5.32 Å². The quantitative estimate of drug-likeness (QED) is 0.767. The highest BCUT2D eigenvalue weighted by atomic mass is 16.5. The Morgan fingerprint density at radius 3 is 3.00 bits per heavy atom. The fraction of sp³-hybridized carbons (Fsp3) is 0.833. The monoisotopic (exact) mass is 223 g/mol. The van der Waals surface area contributed by atoms with Gasteiger partial charge in [0.2, 0.25) is 5.89 Å². The molecule has 1 N–H and O–H groups in total. The zero-order chi connectivity index (χ0) is 11.4. The molecule has 1 aliphatic carbocycles. The zero-order valence-corrected chi connectivity index (χ0v) is 10.2. The molecule has 2 rings (SSSR count). The molecule has 0 saturated heterocycles. The highest BCUT2D eigenvalue weighted by Crippen LogP contribution is 2.31. The first kappa shape index (κ1) is 11.6. The van der Waals surface area contributed by atoms with Crippen molar-refractivity contribution in [2.75, 3.05) is 6.54 Å². The summed E-state index contributed by atoms with van der Waals surface area (Å²) in [5, 5.41) is 7.43. The minimum Gasteiger partial charge on any atom is -0.339 e. The van der Waals surface area contributed by atoms with Crippen molar-refractivity contribution in [1.29, 1.82) is 0 Å². The van der Waals surface area contributed by atoms with Crippen molar-refractivity contribution in [1.82, 2.24) is 15.5 Å². The molecule has 90 valence electrons. The van der Waals surface area contributed by atoms with E-state index in [0.29, 0.717) is 6.04 Å². The molecule has 0 aromatic carbocycles. The molecule has 1 atom stereocenters. The molecule has 16 heavy (non-hydrogen) atoms. The number of hydrogen-bond donors (Lipinski definition) is 1. The van der Waals surface area contributed by atoms with Gasteiger partial charge in [0.25, 0.3) is 0 Å². The minimum absolute atomic E-state index is 0.411. The first-order valence-electron chi connectivity index (χ1n) is 6.32. The van der Waals surface area contributed by atoms with Crippen molar-refractivity contribution in [2.45, 2.75) is 52.0 Å². The Balaban J connectivity index is 1.77. The van der Waals surface area contributed by atoms with Crippen molar-refractivity contribution in [3.8, 4) is 0 Å². The normalized spacial score (nSPS) is 17.6. The van der Waals surface area contributed by atoms with Crippen molar-refractivity contribution in [3.63, 3.8) is 0 Å². The Morgan fingerprint density at radius 1 is 1.50 bits per heavy atom. The highest BCUT2D eigenvalue weighted by Gasteiger charge is 2.24. The van der Waals surface area contributed by atoms with Gasteiger partial charge in [0.15, 0.2) is 5.82 Å². The maximum atomic E-state index is 5.24. The first-order valence-corrected chi connectivity index (χ1v) is 6.32. The molecule has 1 fully saturated rings. The maximum absolute atomic E-state index is 5.24. The van der Waals surface area contributed by atoms with Crippen LogP contribution in [0.5, 0.6) is 0 Å². The lowest BCUT2D eigenvalue weighted by molar-refractivity contribution is 0.357. The summed E-state index contributed by atoms with van der Waals surface area (Å²) in [5.41, 5.74) is 0. The Labute approximate surface area is 96.8 Å². The van der Waals surface area contributed by atoms with Crippen LogP contribution >= 0.6 is 0 Å². The Bertz CT molecular complexity index is 320. The van der Waals surface area contributed by atoms with Crippen LogP contribution in [0.15, 0.2) is 4.52 Å². The molecule has 0 aliphatic heterocycles. The van der Waals surface area contributed by atoms with Gasteiger partial charge in [-0.2, -0.15) is 4.98 Å². The molecule has 1 aromatic rings. The summed E-state index contributed by atoms with van der Waals surface area (Å²) in [6, 6.07) is 0.411. The summed E-state index contributed by atoms with van der Waals surface area (Å²) >= 11 is 0. The van der Waals surface area contributed by atoms with Crippen LogP contribution in [0.2, 0.25) is 0 Å². The van der Waals surface area contributed by atoms with Crippen molar-refractivity contribution in [2.24, 2.45) is 5.92 Å². The number of hydrogen-bond acceptors (Lipinski definition) is 4. The lowest BCUT2D eigenvalue weighted by Gasteiger charge is -2.09. The van der Waals surface area contributed by atoms with E-state index in [9.17, 15) is 0 Å². The van der Waals surface area contributed by atoms with Crippen LogP contribution in [0.25, 0.3) is 0 Å². The van der Waals surface area contributed by atoms with Crippen LogP contribution in [0, 0.1) is 5.92 Å². The van der Waals surface area contributed by atoms with Crippen LogP contribution in [0.3, 0.4) is 0 Å². The highest BCUT2D eigenvalue weighted by molar-refractivity contribution is 4.93. The van der Waals surface area contributed by atoms with Crippen molar-refractivity contribution in [3.05, 3.63) is 11.7 Å². The lowest BCUT2D eigenvalue weighted by Crippen LogP contribution is -2.28. The Kier molecular flexibility index (Phi) is 3.93. The Morgan fingerprint density at radius 2 is 2.31 bits per heavy atom. The lowest BCUT2D eigenvalue weighted by atomic mass is 10.2. The molecule has 4 heteroatoms. The molecule has 4 nitrogen and oxygen atoms in total. The van der Waals surface area contributed by atoms with E-state index < -0.39 is 0 Å². The molecule has 0 spiro atoms. The first-order chi connectivity index (χ1) is 7.78. The molecule has 1 aromatic heterocycles. The number of nitrogens with zero attached hydrogens (tertiary/aromatic N) is 2. The largest absolute Gasteiger partial charge is 0.339 e. The molecule has 0 bridgehead atoms. The summed E-state index contributed by atoms with van der Waals surface area (Å²) in [5.74, 6) is 2.48. The maximum Gasteiger partial charge on any atom is 0.228 e. The fourth-order valence-electron chi connectivity index (χ4n) is 1.76. The van der Waals surface area contributed by atoms with E-state index in [1.807, 2.05) is 0 Å². The van der Waals surface area contributed by atoms with Crippen LogP contribution in [0.4, 0.5) is 0 Å². The molecule has 1 aliphatic rings. The van der Waals surface area contributed by atoms with E-state index in [1.165, 1.54) is 12.8 Å². The molecular weight excluding hydrogens is 202 g/mol. The third-order valence-electron chi connectivity index (χ3n) is 2.90. The third kappa shape index (κ3) is 3.59. The number of nitrogens with one attached hydrogen (secondary N) is 1. The van der Waals surface area contributed by atoms with Crippen molar-refractivity contribution < 1.29 is 4.52 Å². The van der Waals surface area contributed by atoms with Gasteiger partial charge in [-0.05, 0) is 38.6 Å². The molecule has 1 unspecified atom stereocenters. The van der Waals surface area contributed by atoms with E-state index in [4.69, 9.17) is 4.52 Å². The van der Waals surface area contributed by atoms with E-state index >= 15 is 0 Å². The predicted octanol–water partition coefficient (Wildman–Crippen LogP) is 1.95. The minimum atomic E-state index is 0.411. The second-order valence-corrected chi connectivity index (χ2v) is 4.81. The summed E-state index contributed by atoms with van der Waals surface area (Å²) in [6.45, 7) is 5.37. The van der Waals surface area contributed by atoms with Gasteiger partial charge in [-0.15, -0.1) is 0 Å². The van der Waals surface area contributed by atoms with Gasteiger partial charge < -0.3 is 9.84 Å². The van der Waals surface area contributed by atoms with Gasteiger partial charge >= 0.3 is 0 Å². The average Bonchev–Trinajstić information content (AvgIpc) is 2.96. The van der Waals surface area contributed by atoms with E-state index in [-0.39, 0.29) is 0 Å². The zero-order valence-electron chi connectivity index (χ0n) is 10.2. The molecule has 1 saturated carbocycles. The molecule has 1 heterocycles. The van der Waals surface area contributed by atoms with Crippen LogP contribution in [-0.4, -0.2) is 22.7 Å². The van der Waals surface area contributed by atoms with Crippen LogP contribution in [0.1, 0.15) is 44.8 Å². The van der Waals surface area contributed by atoms with E-state index in [0.717, 1.165) is 43.4 Å². The van der Waals surface area contributed by atoms with Gasteiger partial charge in [-0.1, -0.05) is 12.1 Å². The van der Waals surface area contributed by atoms with Gasteiger partial charge in [0.05, 0.1) is 0 Å². The van der Waals surface area contributed by atoms with Crippen LogP contribution in [-0.2, 0) is 12.8 Å². The van der Waals surface area contributed by atoms with Gasteiger partial charge in [0, 0.05) is 18.9 Å². The summed E-state index contributed by atoms with van der Waals surface area (Å²) in [6.07, 6.45) is 5.65. The van der Waals surface area contributed by atoms with Gasteiger partial charge in [0.1, 0.15) is 0 Å². The second-order valence-electron chi connectivity index (χ2n) is 4.81. The second kappa shape index (κ2) is 5.43. The molecule has 0 amide bonds. The number of rotatable bonds is 7. The molecule has 0 radical (unpaired) electrons. The van der Waals surface area contributed by atoms with E-state index in [2.05, 4.69) is 29.3 Å². The SMILES string of the molecule is CCCNC(C)Cc1nc(CC2CC2)no1. The smallest absolute Gasteiger partial charge is 0.228 e. The summed E-state index contributed by atoms with van der Waals surface area (Å²) < 4.78 is 5.24. The summed E-state index contributed by atoms with van der Waals surface area (Å²) in [7, 11) is 0. The van der Waals surface area contributed by atoms with Crippen molar-refractivity contribution >= 4 is 0 Å². The number of aromatic nitrogens is 2.